The molecule has 1 saturated heterocycles. The van der Waals surface area contributed by atoms with Crippen molar-refractivity contribution >= 4 is 23.2 Å². The summed E-state index contributed by atoms with van der Waals surface area (Å²) in [5.41, 5.74) is 2.26. The zero-order valence-electron chi connectivity index (χ0n) is 12.4. The number of hydrogen-bond acceptors (Lipinski definition) is 3. The summed E-state index contributed by atoms with van der Waals surface area (Å²) < 4.78 is 1.63. The summed E-state index contributed by atoms with van der Waals surface area (Å²) in [6.07, 6.45) is 7.02. The number of aromatic nitrogens is 3. The first-order valence-corrected chi connectivity index (χ1v) is 7.96. The van der Waals surface area contributed by atoms with Crippen LogP contribution in [-0.4, -0.2) is 31.9 Å². The molecule has 2 aromatic heterocycles. The molecule has 1 fully saturated rings. The molecule has 0 bridgehead atoms. The maximum atomic E-state index is 13.0. The van der Waals surface area contributed by atoms with Crippen LogP contribution >= 0.6 is 11.6 Å². The largest absolute Gasteiger partial charge is 0.331 e. The predicted octanol–water partition coefficient (Wildman–Crippen LogP) is 3.36. The minimum Gasteiger partial charge on any atom is -0.331 e. The monoisotopic (exact) mass is 326 g/mol. The Morgan fingerprint density at radius 3 is 2.91 bits per heavy atom. The lowest BCUT2D eigenvalue weighted by Gasteiger charge is -2.24. The Kier molecular flexibility index (Phi) is 3.50. The SMILES string of the molecule is O=C(c1cnn2cccnc12)N1CCCC1c1ccc(Cl)cc1. The van der Waals surface area contributed by atoms with E-state index < -0.39 is 0 Å². The lowest BCUT2D eigenvalue weighted by atomic mass is 10.0. The number of carbonyl (C=O) groups is 1. The highest BCUT2D eigenvalue weighted by atomic mass is 35.5. The maximum absolute atomic E-state index is 13.0. The predicted molar refractivity (Wildman–Crippen MR) is 87.5 cm³/mol. The molecule has 1 unspecified atom stereocenters. The van der Waals surface area contributed by atoms with Crippen molar-refractivity contribution in [1.82, 2.24) is 19.5 Å². The average Bonchev–Trinajstić information content (AvgIpc) is 3.22. The Bertz CT molecular complexity index is 858. The van der Waals surface area contributed by atoms with Gasteiger partial charge >= 0.3 is 0 Å². The molecule has 1 aliphatic rings. The number of carbonyl (C=O) groups excluding carboxylic acids is 1. The second-order valence-electron chi connectivity index (χ2n) is 5.65. The molecule has 3 aromatic rings. The standard InChI is InChI=1S/C17H15ClN4O/c18-13-6-4-12(5-7-13)15-3-1-9-21(15)17(23)14-11-20-22-10-2-8-19-16(14)22/h2,4-8,10-11,15H,1,3,9H2. The molecular weight excluding hydrogens is 312 g/mol. The first-order valence-electron chi connectivity index (χ1n) is 7.59. The Balaban J connectivity index is 1.68. The number of likely N-dealkylation sites (tertiary alicyclic amines) is 1. The van der Waals surface area contributed by atoms with E-state index in [1.807, 2.05) is 29.2 Å². The van der Waals surface area contributed by atoms with Crippen molar-refractivity contribution in [3.63, 3.8) is 0 Å². The molecule has 1 atom stereocenters. The van der Waals surface area contributed by atoms with Crippen LogP contribution in [0.15, 0.2) is 48.9 Å². The fraction of sp³-hybridized carbons (Fsp3) is 0.235. The van der Waals surface area contributed by atoms with E-state index in [0.717, 1.165) is 24.9 Å². The molecule has 0 spiro atoms. The molecule has 5 nitrogen and oxygen atoms in total. The Morgan fingerprint density at radius 2 is 2.09 bits per heavy atom. The first-order chi connectivity index (χ1) is 11.2. The number of rotatable bonds is 2. The van der Waals surface area contributed by atoms with Crippen LogP contribution in [0.3, 0.4) is 0 Å². The van der Waals surface area contributed by atoms with Crippen LogP contribution in [0.2, 0.25) is 5.02 Å². The van der Waals surface area contributed by atoms with E-state index in [4.69, 9.17) is 11.6 Å². The van der Waals surface area contributed by atoms with Crippen LogP contribution in [0.4, 0.5) is 0 Å². The van der Waals surface area contributed by atoms with Crippen LogP contribution in [0.1, 0.15) is 34.8 Å². The third-order valence-corrected chi connectivity index (χ3v) is 4.53. The minimum atomic E-state index is -0.0175. The summed E-state index contributed by atoms with van der Waals surface area (Å²) in [5.74, 6) is -0.0175. The first kappa shape index (κ1) is 14.2. The lowest BCUT2D eigenvalue weighted by Crippen LogP contribution is -2.30. The molecule has 23 heavy (non-hydrogen) atoms. The third-order valence-electron chi connectivity index (χ3n) is 4.28. The van der Waals surface area contributed by atoms with E-state index >= 15 is 0 Å². The number of fused-ring (bicyclic) bond motifs is 1. The van der Waals surface area contributed by atoms with Crippen LogP contribution in [0.5, 0.6) is 0 Å². The highest BCUT2D eigenvalue weighted by Crippen LogP contribution is 2.34. The second-order valence-corrected chi connectivity index (χ2v) is 6.09. The van der Waals surface area contributed by atoms with Gasteiger partial charge in [-0.3, -0.25) is 4.79 Å². The molecule has 1 aliphatic heterocycles. The van der Waals surface area contributed by atoms with Gasteiger partial charge < -0.3 is 4.90 Å². The van der Waals surface area contributed by atoms with Crippen molar-refractivity contribution in [2.45, 2.75) is 18.9 Å². The van der Waals surface area contributed by atoms with Crippen LogP contribution in [0, 0.1) is 0 Å². The quantitative estimate of drug-likeness (QED) is 0.725. The number of halogens is 1. The number of hydrogen-bond donors (Lipinski definition) is 0. The minimum absolute atomic E-state index is 0.0175. The summed E-state index contributed by atoms with van der Waals surface area (Å²) in [6, 6.07) is 9.60. The van der Waals surface area contributed by atoms with Gasteiger partial charge in [-0.1, -0.05) is 23.7 Å². The summed E-state index contributed by atoms with van der Waals surface area (Å²) in [4.78, 5) is 19.2. The molecule has 4 rings (SSSR count). The van der Waals surface area contributed by atoms with Crippen molar-refractivity contribution in [2.75, 3.05) is 6.54 Å². The molecule has 6 heteroatoms. The van der Waals surface area contributed by atoms with Gasteiger partial charge in [-0.05, 0) is 36.6 Å². The third kappa shape index (κ3) is 2.47. The van der Waals surface area contributed by atoms with Crippen molar-refractivity contribution in [2.24, 2.45) is 0 Å². The summed E-state index contributed by atoms with van der Waals surface area (Å²) in [7, 11) is 0. The lowest BCUT2D eigenvalue weighted by molar-refractivity contribution is 0.0737. The molecule has 0 saturated carbocycles. The second kappa shape index (κ2) is 5.66. The molecule has 0 radical (unpaired) electrons. The molecule has 116 valence electrons. The number of amides is 1. The Labute approximate surface area is 138 Å². The number of nitrogens with zero attached hydrogens (tertiary/aromatic N) is 4. The van der Waals surface area contributed by atoms with Crippen molar-refractivity contribution < 1.29 is 4.79 Å². The van der Waals surface area contributed by atoms with Gasteiger partial charge in [-0.2, -0.15) is 5.10 Å². The highest BCUT2D eigenvalue weighted by molar-refractivity contribution is 6.30. The van der Waals surface area contributed by atoms with Gasteiger partial charge in [0.05, 0.1) is 12.2 Å². The molecular formula is C17H15ClN4O. The van der Waals surface area contributed by atoms with Gasteiger partial charge in [0.2, 0.25) is 0 Å². The number of benzene rings is 1. The van der Waals surface area contributed by atoms with E-state index in [-0.39, 0.29) is 11.9 Å². The van der Waals surface area contributed by atoms with Gasteiger partial charge in [-0.15, -0.1) is 0 Å². The highest BCUT2D eigenvalue weighted by Gasteiger charge is 2.32. The van der Waals surface area contributed by atoms with Gasteiger partial charge in [-0.25, -0.2) is 9.50 Å². The normalized spacial score (nSPS) is 17.8. The van der Waals surface area contributed by atoms with E-state index in [1.165, 1.54) is 0 Å². The van der Waals surface area contributed by atoms with Gasteiger partial charge in [0.25, 0.3) is 5.91 Å². The zero-order chi connectivity index (χ0) is 15.8. The van der Waals surface area contributed by atoms with Crippen molar-refractivity contribution in [3.8, 4) is 0 Å². The molecule has 1 aromatic carbocycles. The fourth-order valence-electron chi connectivity index (χ4n) is 3.17. The topological polar surface area (TPSA) is 50.5 Å². The van der Waals surface area contributed by atoms with Crippen LogP contribution in [0.25, 0.3) is 5.65 Å². The Hall–Kier alpha value is -2.40. The van der Waals surface area contributed by atoms with E-state index in [1.54, 1.807) is 29.2 Å². The zero-order valence-corrected chi connectivity index (χ0v) is 13.1. The molecule has 0 N–H and O–H groups in total. The molecule has 3 heterocycles. The van der Waals surface area contributed by atoms with Gasteiger partial charge in [0.15, 0.2) is 5.65 Å². The fourth-order valence-corrected chi connectivity index (χ4v) is 3.30. The van der Waals surface area contributed by atoms with Crippen LogP contribution < -0.4 is 0 Å². The molecule has 1 amide bonds. The van der Waals surface area contributed by atoms with Gasteiger partial charge in [0.1, 0.15) is 5.56 Å². The molecule has 0 aliphatic carbocycles. The van der Waals surface area contributed by atoms with Crippen LogP contribution in [-0.2, 0) is 0 Å². The smallest absolute Gasteiger partial charge is 0.259 e. The summed E-state index contributed by atoms with van der Waals surface area (Å²) in [6.45, 7) is 0.746. The Morgan fingerprint density at radius 1 is 1.26 bits per heavy atom. The summed E-state index contributed by atoms with van der Waals surface area (Å²) >= 11 is 5.96. The van der Waals surface area contributed by atoms with E-state index in [9.17, 15) is 4.79 Å². The van der Waals surface area contributed by atoms with Crippen molar-refractivity contribution in [1.29, 1.82) is 0 Å². The van der Waals surface area contributed by atoms with Crippen molar-refractivity contribution in [3.05, 3.63) is 65.1 Å². The van der Waals surface area contributed by atoms with E-state index in [0.29, 0.717) is 16.2 Å². The maximum Gasteiger partial charge on any atom is 0.259 e. The average molecular weight is 327 g/mol. The van der Waals surface area contributed by atoms with Gasteiger partial charge in [0, 0.05) is 24.0 Å². The summed E-state index contributed by atoms with van der Waals surface area (Å²) in [5, 5.41) is 4.91. The van der Waals surface area contributed by atoms with E-state index in [2.05, 4.69) is 10.1 Å².